The number of ether oxygens (including phenoxy) is 1. The Labute approximate surface area is 169 Å². The van der Waals surface area contributed by atoms with Crippen LogP contribution in [0.3, 0.4) is 0 Å². The first-order chi connectivity index (χ1) is 14.2. The Morgan fingerprint density at radius 1 is 1.21 bits per heavy atom. The molecule has 0 spiro atoms. The van der Waals surface area contributed by atoms with Crippen molar-refractivity contribution < 1.29 is 9.53 Å². The highest BCUT2D eigenvalue weighted by Gasteiger charge is 2.26. The molecular weight excluding hydrogens is 368 g/mol. The second kappa shape index (κ2) is 8.91. The molecule has 3 heterocycles. The van der Waals surface area contributed by atoms with Crippen LogP contribution in [0.25, 0.3) is 0 Å². The minimum atomic E-state index is -0.211. The van der Waals surface area contributed by atoms with Crippen molar-refractivity contribution in [2.75, 3.05) is 19.7 Å². The predicted molar refractivity (Wildman–Crippen MR) is 106 cm³/mol. The predicted octanol–water partition coefficient (Wildman–Crippen LogP) is 1.96. The first-order valence-corrected chi connectivity index (χ1v) is 9.79. The SMILES string of the molecule is Cc1ccccc1Cc1cccc([C@H]2CN(C(=O)CCn3cnnn3)CCO2)n1. The maximum atomic E-state index is 12.6. The topological polar surface area (TPSA) is 86.0 Å². The van der Waals surface area contributed by atoms with Gasteiger partial charge in [0.15, 0.2) is 0 Å². The number of morpholine rings is 1. The quantitative estimate of drug-likeness (QED) is 0.637. The highest BCUT2D eigenvalue weighted by atomic mass is 16.5. The smallest absolute Gasteiger partial charge is 0.224 e. The standard InChI is InChI=1S/C21H24N6O2/c1-16-5-2-3-6-17(16)13-18-7-4-8-19(23-18)20-14-26(11-12-29-20)21(28)9-10-27-15-22-24-25-27/h2-8,15,20H,9-14H2,1H3/t20-/m1/s1. The molecule has 0 aliphatic carbocycles. The summed E-state index contributed by atoms with van der Waals surface area (Å²) in [5.41, 5.74) is 4.39. The van der Waals surface area contributed by atoms with E-state index in [2.05, 4.69) is 40.6 Å². The van der Waals surface area contributed by atoms with Gasteiger partial charge in [-0.25, -0.2) is 4.68 Å². The van der Waals surface area contributed by atoms with E-state index < -0.39 is 0 Å². The molecule has 1 aliphatic rings. The lowest BCUT2D eigenvalue weighted by molar-refractivity contribution is -0.139. The monoisotopic (exact) mass is 392 g/mol. The van der Waals surface area contributed by atoms with Gasteiger partial charge in [-0.05, 0) is 40.6 Å². The van der Waals surface area contributed by atoms with Crippen LogP contribution in [0, 0.1) is 6.92 Å². The summed E-state index contributed by atoms with van der Waals surface area (Å²) in [6, 6.07) is 14.4. The highest BCUT2D eigenvalue weighted by molar-refractivity contribution is 5.76. The van der Waals surface area contributed by atoms with Gasteiger partial charge in [-0.15, -0.1) is 5.10 Å². The average molecular weight is 392 g/mol. The van der Waals surface area contributed by atoms with Gasteiger partial charge in [0.2, 0.25) is 5.91 Å². The third-order valence-corrected chi connectivity index (χ3v) is 5.16. The Hall–Kier alpha value is -3.13. The van der Waals surface area contributed by atoms with E-state index in [1.807, 2.05) is 29.2 Å². The highest BCUT2D eigenvalue weighted by Crippen LogP contribution is 2.22. The summed E-state index contributed by atoms with van der Waals surface area (Å²) >= 11 is 0. The molecule has 1 atom stereocenters. The van der Waals surface area contributed by atoms with Crippen molar-refractivity contribution in [2.24, 2.45) is 0 Å². The van der Waals surface area contributed by atoms with Gasteiger partial charge in [0.05, 0.1) is 25.4 Å². The van der Waals surface area contributed by atoms with Gasteiger partial charge in [-0.1, -0.05) is 30.3 Å². The Kier molecular flexibility index (Phi) is 5.90. The van der Waals surface area contributed by atoms with Crippen molar-refractivity contribution >= 4 is 5.91 Å². The molecule has 2 aromatic heterocycles. The fraction of sp³-hybridized carbons (Fsp3) is 0.381. The lowest BCUT2D eigenvalue weighted by Gasteiger charge is -2.33. The molecule has 29 heavy (non-hydrogen) atoms. The van der Waals surface area contributed by atoms with Crippen molar-refractivity contribution in [1.82, 2.24) is 30.1 Å². The van der Waals surface area contributed by atoms with Gasteiger partial charge in [-0.3, -0.25) is 9.78 Å². The molecule has 8 nitrogen and oxygen atoms in total. The summed E-state index contributed by atoms with van der Waals surface area (Å²) in [4.78, 5) is 19.2. The average Bonchev–Trinajstić information content (AvgIpc) is 3.28. The van der Waals surface area contributed by atoms with Crippen LogP contribution in [0.15, 0.2) is 48.8 Å². The molecule has 0 unspecified atom stereocenters. The van der Waals surface area contributed by atoms with Crippen molar-refractivity contribution in [1.29, 1.82) is 0 Å². The first kappa shape index (κ1) is 19.2. The summed E-state index contributed by atoms with van der Waals surface area (Å²) < 4.78 is 7.49. The van der Waals surface area contributed by atoms with Crippen LogP contribution in [0.2, 0.25) is 0 Å². The van der Waals surface area contributed by atoms with Gasteiger partial charge >= 0.3 is 0 Å². The summed E-state index contributed by atoms with van der Waals surface area (Å²) in [7, 11) is 0. The lowest BCUT2D eigenvalue weighted by Crippen LogP contribution is -2.42. The molecule has 1 saturated heterocycles. The molecular formula is C21H24N6O2. The van der Waals surface area contributed by atoms with Crippen LogP contribution in [-0.4, -0.2) is 55.7 Å². The number of aromatic nitrogens is 5. The number of amides is 1. The third-order valence-electron chi connectivity index (χ3n) is 5.16. The van der Waals surface area contributed by atoms with Crippen LogP contribution in [0.4, 0.5) is 0 Å². The molecule has 0 bridgehead atoms. The molecule has 0 saturated carbocycles. The Morgan fingerprint density at radius 2 is 2.10 bits per heavy atom. The number of pyridine rings is 1. The molecule has 1 amide bonds. The fourth-order valence-electron chi connectivity index (χ4n) is 3.49. The fourth-order valence-corrected chi connectivity index (χ4v) is 3.49. The molecule has 1 fully saturated rings. The van der Waals surface area contributed by atoms with E-state index in [-0.39, 0.29) is 12.0 Å². The van der Waals surface area contributed by atoms with E-state index in [9.17, 15) is 4.79 Å². The minimum absolute atomic E-state index is 0.0739. The Morgan fingerprint density at radius 3 is 2.93 bits per heavy atom. The number of aryl methyl sites for hydroxylation is 2. The number of benzene rings is 1. The number of carbonyl (C=O) groups excluding carboxylic acids is 1. The van der Waals surface area contributed by atoms with Crippen molar-refractivity contribution in [2.45, 2.75) is 32.4 Å². The molecule has 3 aromatic rings. The van der Waals surface area contributed by atoms with Crippen LogP contribution < -0.4 is 0 Å². The Bertz CT molecular complexity index is 959. The summed E-state index contributed by atoms with van der Waals surface area (Å²) in [5.74, 6) is 0.0739. The zero-order valence-electron chi connectivity index (χ0n) is 16.4. The van der Waals surface area contributed by atoms with Gasteiger partial charge in [0, 0.05) is 25.1 Å². The van der Waals surface area contributed by atoms with Crippen LogP contribution in [0.1, 0.15) is 35.0 Å². The number of nitrogens with zero attached hydrogens (tertiary/aromatic N) is 6. The summed E-state index contributed by atoms with van der Waals surface area (Å²) in [5, 5.41) is 11.0. The van der Waals surface area contributed by atoms with Gasteiger partial charge in [0.1, 0.15) is 12.4 Å². The largest absolute Gasteiger partial charge is 0.368 e. The zero-order valence-corrected chi connectivity index (χ0v) is 16.4. The molecule has 1 aromatic carbocycles. The van der Waals surface area contributed by atoms with Gasteiger partial charge in [0.25, 0.3) is 0 Å². The lowest BCUT2D eigenvalue weighted by atomic mass is 10.0. The van der Waals surface area contributed by atoms with Crippen LogP contribution in [0.5, 0.6) is 0 Å². The molecule has 1 aliphatic heterocycles. The first-order valence-electron chi connectivity index (χ1n) is 9.79. The van der Waals surface area contributed by atoms with Crippen molar-refractivity contribution in [3.8, 4) is 0 Å². The van der Waals surface area contributed by atoms with E-state index >= 15 is 0 Å². The zero-order chi connectivity index (χ0) is 20.1. The Balaban J connectivity index is 1.40. The van der Waals surface area contributed by atoms with Crippen molar-refractivity contribution in [3.05, 3.63) is 71.3 Å². The number of tetrazole rings is 1. The molecule has 4 rings (SSSR count). The van der Waals surface area contributed by atoms with Crippen LogP contribution >= 0.6 is 0 Å². The third kappa shape index (κ3) is 4.83. The van der Waals surface area contributed by atoms with Gasteiger partial charge < -0.3 is 9.64 Å². The number of hydrogen-bond acceptors (Lipinski definition) is 6. The van der Waals surface area contributed by atoms with Gasteiger partial charge in [-0.2, -0.15) is 0 Å². The molecule has 8 heteroatoms. The number of carbonyl (C=O) groups is 1. The molecule has 0 N–H and O–H groups in total. The van der Waals surface area contributed by atoms with Crippen molar-refractivity contribution in [3.63, 3.8) is 0 Å². The maximum Gasteiger partial charge on any atom is 0.224 e. The minimum Gasteiger partial charge on any atom is -0.368 e. The second-order valence-electron chi connectivity index (χ2n) is 7.18. The van der Waals surface area contributed by atoms with E-state index in [4.69, 9.17) is 9.72 Å². The van der Waals surface area contributed by atoms with E-state index in [1.54, 1.807) is 4.68 Å². The number of hydrogen-bond donors (Lipinski definition) is 0. The van der Waals surface area contributed by atoms with E-state index in [1.165, 1.54) is 17.5 Å². The normalized spacial score (nSPS) is 16.7. The van der Waals surface area contributed by atoms with E-state index in [0.29, 0.717) is 32.7 Å². The number of rotatable bonds is 6. The molecule has 0 radical (unpaired) electrons. The van der Waals surface area contributed by atoms with E-state index in [0.717, 1.165) is 17.8 Å². The second-order valence-corrected chi connectivity index (χ2v) is 7.18. The maximum absolute atomic E-state index is 12.6. The summed E-state index contributed by atoms with van der Waals surface area (Å²) in [6.07, 6.45) is 2.44. The summed E-state index contributed by atoms with van der Waals surface area (Å²) in [6.45, 7) is 4.19. The molecule has 150 valence electrons. The van der Waals surface area contributed by atoms with Crippen LogP contribution in [-0.2, 0) is 22.5 Å².